The molecule has 0 radical (unpaired) electrons. The highest BCUT2D eigenvalue weighted by atomic mass is 16.4. The molecule has 1 saturated heterocycles. The molecule has 0 saturated carbocycles. The van der Waals surface area contributed by atoms with Gasteiger partial charge >= 0.3 is 5.63 Å². The number of rotatable bonds is 6. The molecule has 5 nitrogen and oxygen atoms in total. The maximum absolute atomic E-state index is 12.0. The zero-order valence-corrected chi connectivity index (χ0v) is 17.3. The summed E-state index contributed by atoms with van der Waals surface area (Å²) in [6, 6.07) is 16.3. The van der Waals surface area contributed by atoms with Gasteiger partial charge in [0.15, 0.2) is 0 Å². The third kappa shape index (κ3) is 4.46. The largest absolute Gasteiger partial charge is 0.423 e. The lowest BCUT2D eigenvalue weighted by Crippen LogP contribution is -3.14. The van der Waals surface area contributed by atoms with Gasteiger partial charge in [0.1, 0.15) is 5.58 Å². The SMILES string of the molecule is CCc1ccc2c(CNc3ccc(N4CC[NH+](CC)CC4)cc3)cc(=O)oc2c1. The van der Waals surface area contributed by atoms with Crippen LogP contribution in [0.5, 0.6) is 0 Å². The van der Waals surface area contributed by atoms with Crippen molar-refractivity contribution in [2.24, 2.45) is 0 Å². The van der Waals surface area contributed by atoms with Gasteiger partial charge in [-0.25, -0.2) is 4.79 Å². The van der Waals surface area contributed by atoms with Crippen molar-refractivity contribution in [1.29, 1.82) is 0 Å². The number of nitrogens with one attached hydrogen (secondary N) is 2. The molecular formula is C24H30N3O2+. The van der Waals surface area contributed by atoms with E-state index in [0.29, 0.717) is 12.1 Å². The first kappa shape index (κ1) is 19.5. The Morgan fingerprint density at radius 1 is 1.03 bits per heavy atom. The first-order chi connectivity index (χ1) is 14.2. The van der Waals surface area contributed by atoms with Gasteiger partial charge in [-0.15, -0.1) is 0 Å². The molecule has 5 heteroatoms. The Labute approximate surface area is 171 Å². The van der Waals surface area contributed by atoms with Crippen molar-refractivity contribution in [2.75, 3.05) is 42.9 Å². The van der Waals surface area contributed by atoms with Crippen LogP contribution in [0.3, 0.4) is 0 Å². The lowest BCUT2D eigenvalue weighted by molar-refractivity contribution is -0.898. The van der Waals surface area contributed by atoms with E-state index in [-0.39, 0.29) is 5.63 Å². The second kappa shape index (κ2) is 8.70. The van der Waals surface area contributed by atoms with Crippen molar-refractivity contribution < 1.29 is 9.32 Å². The van der Waals surface area contributed by atoms with Crippen LogP contribution in [-0.4, -0.2) is 32.7 Å². The molecule has 4 rings (SSSR count). The highest BCUT2D eigenvalue weighted by Crippen LogP contribution is 2.22. The van der Waals surface area contributed by atoms with Crippen molar-refractivity contribution in [3.05, 3.63) is 70.1 Å². The lowest BCUT2D eigenvalue weighted by Gasteiger charge is -2.33. The van der Waals surface area contributed by atoms with Gasteiger partial charge in [0.05, 0.1) is 32.7 Å². The Morgan fingerprint density at radius 3 is 2.48 bits per heavy atom. The first-order valence-electron chi connectivity index (χ1n) is 10.6. The number of hydrogen-bond donors (Lipinski definition) is 2. The molecule has 152 valence electrons. The summed E-state index contributed by atoms with van der Waals surface area (Å²) in [6.45, 7) is 10.8. The van der Waals surface area contributed by atoms with Crippen molar-refractivity contribution in [3.8, 4) is 0 Å². The average Bonchev–Trinajstić information content (AvgIpc) is 2.77. The summed E-state index contributed by atoms with van der Waals surface area (Å²) in [4.78, 5) is 16.1. The molecule has 0 bridgehead atoms. The smallest absolute Gasteiger partial charge is 0.336 e. The number of fused-ring (bicyclic) bond motifs is 1. The van der Waals surface area contributed by atoms with Crippen LogP contribution in [0, 0.1) is 0 Å². The fraction of sp³-hybridized carbons (Fsp3) is 0.375. The van der Waals surface area contributed by atoms with Gasteiger partial charge in [0.25, 0.3) is 0 Å². The number of likely N-dealkylation sites (N-methyl/N-ethyl adjacent to an activating group) is 1. The van der Waals surface area contributed by atoms with Gasteiger partial charge in [-0.2, -0.15) is 0 Å². The minimum absolute atomic E-state index is 0.300. The second-order valence-corrected chi connectivity index (χ2v) is 7.77. The normalized spacial score (nSPS) is 15.0. The molecule has 0 aliphatic carbocycles. The fourth-order valence-corrected chi connectivity index (χ4v) is 4.06. The van der Waals surface area contributed by atoms with E-state index < -0.39 is 0 Å². The zero-order valence-electron chi connectivity index (χ0n) is 17.3. The number of aryl methyl sites for hydroxylation is 1. The Morgan fingerprint density at radius 2 is 1.79 bits per heavy atom. The first-order valence-corrected chi connectivity index (χ1v) is 10.6. The molecule has 1 aromatic heterocycles. The third-order valence-corrected chi connectivity index (χ3v) is 5.99. The number of piperazine rings is 1. The number of nitrogens with zero attached hydrogens (tertiary/aromatic N) is 1. The minimum atomic E-state index is -0.300. The summed E-state index contributed by atoms with van der Waals surface area (Å²) in [5.41, 5.74) is 4.83. The number of anilines is 2. The van der Waals surface area contributed by atoms with Crippen molar-refractivity contribution in [2.45, 2.75) is 26.8 Å². The predicted molar refractivity (Wildman–Crippen MR) is 119 cm³/mol. The molecule has 0 spiro atoms. The zero-order chi connectivity index (χ0) is 20.2. The summed E-state index contributed by atoms with van der Waals surface area (Å²) >= 11 is 0. The molecule has 3 aromatic rings. The van der Waals surface area contributed by atoms with Crippen LogP contribution < -0.4 is 20.7 Å². The van der Waals surface area contributed by atoms with Gasteiger partial charge in [-0.3, -0.25) is 0 Å². The summed E-state index contributed by atoms with van der Waals surface area (Å²) in [5, 5.41) is 4.44. The second-order valence-electron chi connectivity index (χ2n) is 7.77. The Balaban J connectivity index is 1.45. The molecule has 29 heavy (non-hydrogen) atoms. The van der Waals surface area contributed by atoms with Crippen LogP contribution in [0.25, 0.3) is 11.0 Å². The minimum Gasteiger partial charge on any atom is -0.423 e. The van der Waals surface area contributed by atoms with Gasteiger partial charge < -0.3 is 19.5 Å². The Kier molecular flexibility index (Phi) is 5.86. The van der Waals surface area contributed by atoms with E-state index >= 15 is 0 Å². The van der Waals surface area contributed by atoms with E-state index in [2.05, 4.69) is 60.5 Å². The maximum atomic E-state index is 12.0. The Hall–Kier alpha value is -2.79. The predicted octanol–water partition coefficient (Wildman–Crippen LogP) is 2.69. The quantitative estimate of drug-likeness (QED) is 0.634. The van der Waals surface area contributed by atoms with Crippen LogP contribution in [0.2, 0.25) is 0 Å². The summed E-state index contributed by atoms with van der Waals surface area (Å²) in [7, 11) is 0. The number of hydrogen-bond acceptors (Lipinski definition) is 4. The standard InChI is InChI=1S/C24H29N3O2/c1-3-18-5-10-22-19(16-24(28)29-23(22)15-18)17-25-20-6-8-21(9-7-20)27-13-11-26(4-2)12-14-27/h5-10,15-16,25H,3-4,11-14,17H2,1-2H3/p+1. The third-order valence-electron chi connectivity index (χ3n) is 5.99. The van der Waals surface area contributed by atoms with Crippen LogP contribution in [0.15, 0.2) is 57.7 Å². The molecule has 2 aromatic carbocycles. The Bertz CT molecular complexity index is 1020. The number of quaternary nitrogens is 1. The van der Waals surface area contributed by atoms with E-state index in [0.717, 1.165) is 36.1 Å². The van der Waals surface area contributed by atoms with Gasteiger partial charge in [-0.05, 0) is 54.8 Å². The summed E-state index contributed by atoms with van der Waals surface area (Å²) in [5.74, 6) is 0. The van der Waals surface area contributed by atoms with Gasteiger partial charge in [-0.1, -0.05) is 19.1 Å². The summed E-state index contributed by atoms with van der Waals surface area (Å²) in [6.07, 6.45) is 0.920. The molecule has 0 atom stereocenters. The fourth-order valence-electron chi connectivity index (χ4n) is 4.06. The van der Waals surface area contributed by atoms with E-state index in [1.807, 2.05) is 6.07 Å². The molecule has 1 aliphatic rings. The van der Waals surface area contributed by atoms with Crippen LogP contribution >= 0.6 is 0 Å². The molecule has 0 amide bonds. The molecule has 2 N–H and O–H groups in total. The van der Waals surface area contributed by atoms with Crippen molar-refractivity contribution in [1.82, 2.24) is 0 Å². The maximum Gasteiger partial charge on any atom is 0.336 e. The van der Waals surface area contributed by atoms with E-state index in [1.54, 1.807) is 11.0 Å². The van der Waals surface area contributed by atoms with Gasteiger partial charge in [0, 0.05) is 29.4 Å². The topological polar surface area (TPSA) is 49.9 Å². The van der Waals surface area contributed by atoms with Crippen molar-refractivity contribution >= 4 is 22.3 Å². The van der Waals surface area contributed by atoms with E-state index in [1.165, 1.54) is 30.9 Å². The highest BCUT2D eigenvalue weighted by Gasteiger charge is 2.18. The van der Waals surface area contributed by atoms with Gasteiger partial charge in [0.2, 0.25) is 0 Å². The highest BCUT2D eigenvalue weighted by molar-refractivity contribution is 5.81. The summed E-state index contributed by atoms with van der Waals surface area (Å²) < 4.78 is 5.40. The molecule has 1 aliphatic heterocycles. The molecular weight excluding hydrogens is 362 g/mol. The van der Waals surface area contributed by atoms with Crippen LogP contribution in [0.1, 0.15) is 25.0 Å². The molecule has 1 fully saturated rings. The van der Waals surface area contributed by atoms with Crippen LogP contribution in [0.4, 0.5) is 11.4 Å². The van der Waals surface area contributed by atoms with Crippen molar-refractivity contribution in [3.63, 3.8) is 0 Å². The van der Waals surface area contributed by atoms with E-state index in [9.17, 15) is 4.79 Å². The lowest BCUT2D eigenvalue weighted by atomic mass is 10.1. The molecule has 2 heterocycles. The van der Waals surface area contributed by atoms with E-state index in [4.69, 9.17) is 4.42 Å². The average molecular weight is 393 g/mol. The number of benzene rings is 2. The monoisotopic (exact) mass is 392 g/mol. The molecule has 0 unspecified atom stereocenters. The van der Waals surface area contributed by atoms with Crippen LogP contribution in [-0.2, 0) is 13.0 Å².